The Kier molecular flexibility index (Phi) is 3.98. The third-order valence-corrected chi connectivity index (χ3v) is 7.25. The van der Waals surface area contributed by atoms with Crippen molar-refractivity contribution < 1.29 is 14.4 Å². The molecule has 4 atom stereocenters. The van der Waals surface area contributed by atoms with Crippen molar-refractivity contribution in [3.63, 3.8) is 0 Å². The molecule has 7 heteroatoms. The standard InChI is InChI=1S/C22H24N4O3/c1-10-11(2)15-6-7-16(25-20(15)23-12(10)3)24-17(27)9-26-21(28)18-13-4-5-14(8-13)19(18)22(26)29/h6-7,13-14,18-19H,4-5,8-9H2,1-3H3,(H,23,24,25,27)/t13-,14-,18-,19-/m0/s1. The average Bonchev–Trinajstić information content (AvgIpc) is 3.36. The predicted octanol–water partition coefficient (Wildman–Crippen LogP) is 2.52. The third-order valence-electron chi connectivity index (χ3n) is 7.25. The Morgan fingerprint density at radius 3 is 2.34 bits per heavy atom. The summed E-state index contributed by atoms with van der Waals surface area (Å²) in [5.41, 5.74) is 3.72. The highest BCUT2D eigenvalue weighted by atomic mass is 16.2. The van der Waals surface area contributed by atoms with Gasteiger partial charge in [-0.1, -0.05) is 0 Å². The summed E-state index contributed by atoms with van der Waals surface area (Å²) in [4.78, 5) is 48.2. The summed E-state index contributed by atoms with van der Waals surface area (Å²) in [6.07, 6.45) is 3.04. The van der Waals surface area contributed by atoms with Crippen LogP contribution in [0.1, 0.15) is 36.1 Å². The summed E-state index contributed by atoms with van der Waals surface area (Å²) < 4.78 is 0. The number of aromatic nitrogens is 2. The highest BCUT2D eigenvalue weighted by Crippen LogP contribution is 2.56. The summed E-state index contributed by atoms with van der Waals surface area (Å²) >= 11 is 0. The van der Waals surface area contributed by atoms with Crippen LogP contribution in [0.15, 0.2) is 12.1 Å². The molecule has 0 spiro atoms. The number of nitrogens with zero attached hydrogens (tertiary/aromatic N) is 3. The van der Waals surface area contributed by atoms with Crippen LogP contribution in [-0.2, 0) is 14.4 Å². The first kappa shape index (κ1) is 18.2. The first-order chi connectivity index (χ1) is 13.8. The molecule has 2 aliphatic carbocycles. The molecule has 0 unspecified atom stereocenters. The van der Waals surface area contributed by atoms with Crippen molar-refractivity contribution in [1.82, 2.24) is 14.9 Å². The van der Waals surface area contributed by atoms with Crippen LogP contribution in [-0.4, -0.2) is 39.1 Å². The lowest BCUT2D eigenvalue weighted by molar-refractivity contribution is -0.143. The molecule has 29 heavy (non-hydrogen) atoms. The normalized spacial score (nSPS) is 27.8. The van der Waals surface area contributed by atoms with Crippen molar-refractivity contribution in [3.05, 3.63) is 29.0 Å². The van der Waals surface area contributed by atoms with E-state index in [9.17, 15) is 14.4 Å². The first-order valence-corrected chi connectivity index (χ1v) is 10.2. The number of aryl methyl sites for hydroxylation is 2. The minimum absolute atomic E-state index is 0.169. The van der Waals surface area contributed by atoms with Gasteiger partial charge in [0.15, 0.2) is 5.65 Å². The van der Waals surface area contributed by atoms with E-state index in [2.05, 4.69) is 15.3 Å². The number of likely N-dealkylation sites (tertiary alicyclic amines) is 1. The lowest BCUT2D eigenvalue weighted by atomic mass is 9.81. The van der Waals surface area contributed by atoms with Gasteiger partial charge in [-0.05, 0) is 75.1 Å². The van der Waals surface area contributed by atoms with Gasteiger partial charge in [0.1, 0.15) is 12.4 Å². The summed E-state index contributed by atoms with van der Waals surface area (Å²) in [6, 6.07) is 3.62. The third kappa shape index (κ3) is 2.67. The largest absolute Gasteiger partial charge is 0.309 e. The van der Waals surface area contributed by atoms with Crippen molar-refractivity contribution in [2.75, 3.05) is 11.9 Å². The van der Waals surface area contributed by atoms with Crippen LogP contribution in [0.4, 0.5) is 5.82 Å². The molecule has 0 aromatic carbocycles. The van der Waals surface area contributed by atoms with Crippen LogP contribution in [0.3, 0.4) is 0 Å². The Labute approximate surface area is 168 Å². The van der Waals surface area contributed by atoms with Crippen molar-refractivity contribution >= 4 is 34.6 Å². The van der Waals surface area contributed by atoms with E-state index >= 15 is 0 Å². The van der Waals surface area contributed by atoms with Gasteiger partial charge in [-0.2, -0.15) is 0 Å². The van der Waals surface area contributed by atoms with Crippen molar-refractivity contribution in [3.8, 4) is 0 Å². The van der Waals surface area contributed by atoms with Crippen LogP contribution in [0.2, 0.25) is 0 Å². The Morgan fingerprint density at radius 2 is 1.69 bits per heavy atom. The number of hydrogen-bond donors (Lipinski definition) is 1. The number of carbonyl (C=O) groups excluding carboxylic acids is 3. The van der Waals surface area contributed by atoms with Crippen LogP contribution < -0.4 is 5.32 Å². The topological polar surface area (TPSA) is 92.3 Å². The van der Waals surface area contributed by atoms with Gasteiger partial charge in [-0.3, -0.25) is 19.3 Å². The lowest BCUT2D eigenvalue weighted by Crippen LogP contribution is -2.39. The molecule has 1 aliphatic heterocycles. The number of amides is 3. The quantitative estimate of drug-likeness (QED) is 0.811. The number of rotatable bonds is 3. The number of anilines is 1. The van der Waals surface area contributed by atoms with E-state index in [4.69, 9.17) is 0 Å². The van der Waals surface area contributed by atoms with Gasteiger partial charge >= 0.3 is 0 Å². The lowest BCUT2D eigenvalue weighted by Gasteiger charge is -2.19. The Balaban J connectivity index is 1.33. The van der Waals surface area contributed by atoms with E-state index in [0.29, 0.717) is 23.3 Å². The highest BCUT2D eigenvalue weighted by molar-refractivity contribution is 6.09. The van der Waals surface area contributed by atoms with Gasteiger partial charge in [0.05, 0.1) is 11.8 Å². The molecule has 7 nitrogen and oxygen atoms in total. The fourth-order valence-corrected chi connectivity index (χ4v) is 5.56. The molecule has 3 heterocycles. The minimum Gasteiger partial charge on any atom is -0.309 e. The SMILES string of the molecule is Cc1nc2nc(NC(=O)CN3C(=O)[C@H]4[C@H]5CC[C@@H](C5)[C@@H]4C3=O)ccc2c(C)c1C. The maximum Gasteiger partial charge on any atom is 0.245 e. The molecule has 2 aromatic heterocycles. The van der Waals surface area contributed by atoms with E-state index in [1.54, 1.807) is 6.07 Å². The van der Waals surface area contributed by atoms with Gasteiger partial charge in [-0.15, -0.1) is 0 Å². The van der Waals surface area contributed by atoms with E-state index in [1.807, 2.05) is 26.8 Å². The maximum atomic E-state index is 12.8. The van der Waals surface area contributed by atoms with E-state index in [-0.39, 0.29) is 30.2 Å². The first-order valence-electron chi connectivity index (χ1n) is 10.2. The van der Waals surface area contributed by atoms with Crippen LogP contribution in [0.25, 0.3) is 11.0 Å². The second-order valence-corrected chi connectivity index (χ2v) is 8.71. The minimum atomic E-state index is -0.411. The number of pyridine rings is 2. The van der Waals surface area contributed by atoms with E-state index in [1.165, 1.54) is 0 Å². The molecule has 1 N–H and O–H groups in total. The fraction of sp³-hybridized carbons (Fsp3) is 0.500. The number of carbonyl (C=O) groups is 3. The molecule has 2 saturated carbocycles. The fourth-order valence-electron chi connectivity index (χ4n) is 5.56. The Bertz CT molecular complexity index is 1050. The molecule has 3 amide bonds. The monoisotopic (exact) mass is 392 g/mol. The second-order valence-electron chi connectivity index (χ2n) is 8.71. The summed E-state index contributed by atoms with van der Waals surface area (Å²) in [5, 5.41) is 3.67. The number of imide groups is 1. The molecule has 3 aliphatic rings. The zero-order valence-corrected chi connectivity index (χ0v) is 16.9. The molecule has 3 fully saturated rings. The molecule has 5 rings (SSSR count). The Morgan fingerprint density at radius 1 is 1.03 bits per heavy atom. The zero-order valence-electron chi connectivity index (χ0n) is 16.9. The molecule has 0 radical (unpaired) electrons. The second kappa shape index (κ2) is 6.34. The summed E-state index contributed by atoms with van der Waals surface area (Å²) in [5.74, 6) is -0.148. The van der Waals surface area contributed by atoms with Crippen molar-refractivity contribution in [1.29, 1.82) is 0 Å². The molecular formula is C22H24N4O3. The van der Waals surface area contributed by atoms with Gasteiger partial charge in [0, 0.05) is 11.1 Å². The van der Waals surface area contributed by atoms with Crippen molar-refractivity contribution in [2.45, 2.75) is 40.0 Å². The van der Waals surface area contributed by atoms with E-state index < -0.39 is 5.91 Å². The van der Waals surface area contributed by atoms with Gasteiger partial charge in [-0.25, -0.2) is 9.97 Å². The number of nitrogens with one attached hydrogen (secondary N) is 1. The molecular weight excluding hydrogens is 368 g/mol. The van der Waals surface area contributed by atoms with Gasteiger partial charge in [0.25, 0.3) is 0 Å². The molecule has 2 aromatic rings. The van der Waals surface area contributed by atoms with E-state index in [0.717, 1.165) is 46.4 Å². The maximum absolute atomic E-state index is 12.8. The van der Waals surface area contributed by atoms with Gasteiger partial charge in [0.2, 0.25) is 17.7 Å². The van der Waals surface area contributed by atoms with Crippen LogP contribution in [0.5, 0.6) is 0 Å². The van der Waals surface area contributed by atoms with Gasteiger partial charge < -0.3 is 5.32 Å². The molecule has 150 valence electrons. The zero-order chi connectivity index (χ0) is 20.4. The smallest absolute Gasteiger partial charge is 0.245 e. The average molecular weight is 392 g/mol. The summed E-state index contributed by atoms with van der Waals surface area (Å²) in [7, 11) is 0. The molecule has 1 saturated heterocycles. The highest BCUT2D eigenvalue weighted by Gasteiger charge is 2.60. The summed E-state index contributed by atoms with van der Waals surface area (Å²) in [6.45, 7) is 5.74. The number of hydrogen-bond acceptors (Lipinski definition) is 5. The van der Waals surface area contributed by atoms with Crippen molar-refractivity contribution in [2.24, 2.45) is 23.7 Å². The predicted molar refractivity (Wildman–Crippen MR) is 107 cm³/mol. The van der Waals surface area contributed by atoms with Crippen LogP contribution >= 0.6 is 0 Å². The number of fused-ring (bicyclic) bond motifs is 6. The molecule has 2 bridgehead atoms. The van der Waals surface area contributed by atoms with Crippen LogP contribution in [0, 0.1) is 44.4 Å². The Hall–Kier alpha value is -2.83.